The molecule has 0 aliphatic rings. The fourth-order valence-corrected chi connectivity index (χ4v) is 1.46. The molecule has 0 saturated carbocycles. The van der Waals surface area contributed by atoms with E-state index < -0.39 is 0 Å². The van der Waals surface area contributed by atoms with Gasteiger partial charge in [0, 0.05) is 6.54 Å². The van der Waals surface area contributed by atoms with Crippen molar-refractivity contribution in [2.45, 2.75) is 20.3 Å². The second-order valence-electron chi connectivity index (χ2n) is 3.20. The quantitative estimate of drug-likeness (QED) is 0.496. The van der Waals surface area contributed by atoms with Crippen LogP contribution in [0.15, 0.2) is 0 Å². The maximum absolute atomic E-state index is 11.2. The maximum atomic E-state index is 11.2. The van der Waals surface area contributed by atoms with Gasteiger partial charge in [-0.1, -0.05) is 6.92 Å². The molecule has 4 heteroatoms. The summed E-state index contributed by atoms with van der Waals surface area (Å²) in [5.41, 5.74) is 0. The van der Waals surface area contributed by atoms with E-state index >= 15 is 0 Å². The Morgan fingerprint density at radius 2 is 2.29 bits per heavy atom. The SMILES string of the molecule is CCOC(=O)C(C)CNCCCSC. The summed E-state index contributed by atoms with van der Waals surface area (Å²) < 4.78 is 4.90. The highest BCUT2D eigenvalue weighted by Gasteiger charge is 2.12. The second-order valence-corrected chi connectivity index (χ2v) is 4.19. The Morgan fingerprint density at radius 1 is 1.57 bits per heavy atom. The van der Waals surface area contributed by atoms with Gasteiger partial charge >= 0.3 is 5.97 Å². The molecule has 0 aliphatic carbocycles. The van der Waals surface area contributed by atoms with Crippen molar-refractivity contribution in [1.29, 1.82) is 0 Å². The smallest absolute Gasteiger partial charge is 0.309 e. The third-order valence-corrected chi connectivity index (χ3v) is 2.54. The molecular weight excluding hydrogens is 198 g/mol. The van der Waals surface area contributed by atoms with Crippen LogP contribution in [0, 0.1) is 5.92 Å². The molecule has 84 valence electrons. The van der Waals surface area contributed by atoms with E-state index in [1.54, 1.807) is 0 Å². The summed E-state index contributed by atoms with van der Waals surface area (Å²) in [4.78, 5) is 11.2. The van der Waals surface area contributed by atoms with E-state index in [0.717, 1.165) is 13.0 Å². The van der Waals surface area contributed by atoms with Gasteiger partial charge in [-0.2, -0.15) is 11.8 Å². The lowest BCUT2D eigenvalue weighted by Gasteiger charge is -2.11. The molecule has 0 heterocycles. The van der Waals surface area contributed by atoms with Gasteiger partial charge in [-0.05, 0) is 31.9 Å². The normalized spacial score (nSPS) is 12.5. The Labute approximate surface area is 91.0 Å². The number of hydrogen-bond acceptors (Lipinski definition) is 4. The topological polar surface area (TPSA) is 38.3 Å². The van der Waals surface area contributed by atoms with Crippen molar-refractivity contribution in [2.24, 2.45) is 5.92 Å². The third kappa shape index (κ3) is 7.21. The molecule has 1 atom stereocenters. The van der Waals surface area contributed by atoms with Crippen LogP contribution in [0.3, 0.4) is 0 Å². The van der Waals surface area contributed by atoms with Crippen LogP contribution in [-0.4, -0.2) is 37.7 Å². The Morgan fingerprint density at radius 3 is 2.86 bits per heavy atom. The van der Waals surface area contributed by atoms with Crippen molar-refractivity contribution in [3.8, 4) is 0 Å². The van der Waals surface area contributed by atoms with E-state index in [9.17, 15) is 4.79 Å². The van der Waals surface area contributed by atoms with Gasteiger partial charge in [0.25, 0.3) is 0 Å². The highest BCUT2D eigenvalue weighted by molar-refractivity contribution is 7.98. The molecule has 3 nitrogen and oxygen atoms in total. The van der Waals surface area contributed by atoms with Crippen molar-refractivity contribution >= 4 is 17.7 Å². The van der Waals surface area contributed by atoms with Crippen LogP contribution in [0.5, 0.6) is 0 Å². The number of rotatable bonds is 8. The van der Waals surface area contributed by atoms with Crippen molar-refractivity contribution in [3.05, 3.63) is 0 Å². The first-order chi connectivity index (χ1) is 6.72. The molecule has 1 unspecified atom stereocenters. The van der Waals surface area contributed by atoms with Gasteiger partial charge in [0.05, 0.1) is 12.5 Å². The number of carbonyl (C=O) groups excluding carboxylic acids is 1. The molecular formula is C10H21NO2S. The summed E-state index contributed by atoms with van der Waals surface area (Å²) in [7, 11) is 0. The third-order valence-electron chi connectivity index (χ3n) is 1.84. The molecule has 0 spiro atoms. The highest BCUT2D eigenvalue weighted by atomic mass is 32.2. The summed E-state index contributed by atoms with van der Waals surface area (Å²) in [5, 5.41) is 3.25. The van der Waals surface area contributed by atoms with Crippen LogP contribution in [0.1, 0.15) is 20.3 Å². The van der Waals surface area contributed by atoms with Gasteiger partial charge in [-0.15, -0.1) is 0 Å². The van der Waals surface area contributed by atoms with E-state index in [4.69, 9.17) is 4.74 Å². The lowest BCUT2D eigenvalue weighted by Crippen LogP contribution is -2.28. The fraction of sp³-hybridized carbons (Fsp3) is 0.900. The van der Waals surface area contributed by atoms with E-state index in [0.29, 0.717) is 13.2 Å². The summed E-state index contributed by atoms with van der Waals surface area (Å²) in [6.45, 7) is 5.88. The van der Waals surface area contributed by atoms with E-state index in [1.165, 1.54) is 5.75 Å². The van der Waals surface area contributed by atoms with Crippen LogP contribution in [0.2, 0.25) is 0 Å². The number of ether oxygens (including phenoxy) is 1. The lowest BCUT2D eigenvalue weighted by atomic mass is 10.2. The summed E-state index contributed by atoms with van der Waals surface area (Å²) >= 11 is 1.84. The first kappa shape index (κ1) is 13.8. The minimum atomic E-state index is -0.107. The monoisotopic (exact) mass is 219 g/mol. The standard InChI is InChI=1S/C10H21NO2S/c1-4-13-10(12)9(2)8-11-6-5-7-14-3/h9,11H,4-8H2,1-3H3. The van der Waals surface area contributed by atoms with Crippen molar-refractivity contribution in [1.82, 2.24) is 5.32 Å². The van der Waals surface area contributed by atoms with Crippen LogP contribution in [0.25, 0.3) is 0 Å². The van der Waals surface area contributed by atoms with E-state index in [1.807, 2.05) is 25.6 Å². The van der Waals surface area contributed by atoms with E-state index in [-0.39, 0.29) is 11.9 Å². The predicted molar refractivity (Wildman–Crippen MR) is 61.7 cm³/mol. The Balaban J connectivity index is 3.34. The number of esters is 1. The van der Waals surface area contributed by atoms with E-state index in [2.05, 4.69) is 11.6 Å². The molecule has 14 heavy (non-hydrogen) atoms. The molecule has 0 aliphatic heterocycles. The average molecular weight is 219 g/mol. The summed E-state index contributed by atoms with van der Waals surface area (Å²) in [6.07, 6.45) is 3.25. The van der Waals surface area contributed by atoms with Gasteiger partial charge in [0.2, 0.25) is 0 Å². The number of nitrogens with one attached hydrogen (secondary N) is 1. The Bertz CT molecular complexity index is 153. The highest BCUT2D eigenvalue weighted by Crippen LogP contribution is 1.97. The molecule has 0 aromatic heterocycles. The van der Waals surface area contributed by atoms with Crippen molar-refractivity contribution < 1.29 is 9.53 Å². The zero-order chi connectivity index (χ0) is 10.8. The molecule has 0 bridgehead atoms. The van der Waals surface area contributed by atoms with Gasteiger partial charge < -0.3 is 10.1 Å². The van der Waals surface area contributed by atoms with Gasteiger partial charge in [-0.3, -0.25) is 4.79 Å². The second kappa shape index (κ2) is 9.34. The number of hydrogen-bond donors (Lipinski definition) is 1. The molecule has 0 radical (unpaired) electrons. The summed E-state index contributed by atoms with van der Waals surface area (Å²) in [6, 6.07) is 0. The Kier molecular flexibility index (Phi) is 9.19. The van der Waals surface area contributed by atoms with Crippen LogP contribution < -0.4 is 5.32 Å². The molecule has 0 amide bonds. The van der Waals surface area contributed by atoms with Crippen LogP contribution in [-0.2, 0) is 9.53 Å². The van der Waals surface area contributed by atoms with Gasteiger partial charge in [-0.25, -0.2) is 0 Å². The average Bonchev–Trinajstić information content (AvgIpc) is 2.17. The zero-order valence-electron chi connectivity index (χ0n) is 9.34. The fourth-order valence-electron chi connectivity index (χ4n) is 1.03. The molecule has 0 fully saturated rings. The zero-order valence-corrected chi connectivity index (χ0v) is 10.2. The molecule has 0 saturated heterocycles. The molecule has 0 rings (SSSR count). The Hall–Kier alpha value is -0.220. The van der Waals surface area contributed by atoms with Gasteiger partial charge in [0.1, 0.15) is 0 Å². The number of thioether (sulfide) groups is 1. The molecule has 0 aromatic rings. The van der Waals surface area contributed by atoms with Gasteiger partial charge in [0.15, 0.2) is 0 Å². The predicted octanol–water partition coefficient (Wildman–Crippen LogP) is 1.53. The maximum Gasteiger partial charge on any atom is 0.309 e. The first-order valence-electron chi connectivity index (χ1n) is 5.08. The first-order valence-corrected chi connectivity index (χ1v) is 6.48. The minimum Gasteiger partial charge on any atom is -0.466 e. The molecule has 0 aromatic carbocycles. The lowest BCUT2D eigenvalue weighted by molar-refractivity contribution is -0.147. The van der Waals surface area contributed by atoms with Crippen LogP contribution >= 0.6 is 11.8 Å². The summed E-state index contributed by atoms with van der Waals surface area (Å²) in [5.74, 6) is 1.02. The molecule has 1 N–H and O–H groups in total. The number of carbonyl (C=O) groups is 1. The minimum absolute atomic E-state index is 0.0378. The largest absolute Gasteiger partial charge is 0.466 e. The van der Waals surface area contributed by atoms with Crippen molar-refractivity contribution in [3.63, 3.8) is 0 Å². The van der Waals surface area contributed by atoms with Crippen molar-refractivity contribution in [2.75, 3.05) is 31.7 Å². The van der Waals surface area contributed by atoms with Crippen LogP contribution in [0.4, 0.5) is 0 Å².